The van der Waals surface area contributed by atoms with E-state index in [4.69, 9.17) is 14.7 Å². The summed E-state index contributed by atoms with van der Waals surface area (Å²) in [6.45, 7) is 12.0. The van der Waals surface area contributed by atoms with Crippen LogP contribution in [0.4, 0.5) is 5.82 Å². The third-order valence-electron chi connectivity index (χ3n) is 6.58. The van der Waals surface area contributed by atoms with Gasteiger partial charge in [0.05, 0.1) is 19.8 Å². The maximum Gasteiger partial charge on any atom is 0.236 e. The van der Waals surface area contributed by atoms with E-state index in [1.165, 1.54) is 0 Å². The molecule has 170 valence electrons. The van der Waals surface area contributed by atoms with Crippen molar-refractivity contribution in [1.82, 2.24) is 19.8 Å². The summed E-state index contributed by atoms with van der Waals surface area (Å²) in [6, 6.07) is 0. The molecule has 0 aliphatic carbocycles. The monoisotopic (exact) mass is 429 g/mol. The maximum atomic E-state index is 12.7. The Morgan fingerprint density at radius 1 is 1.10 bits per heavy atom. The molecule has 3 aliphatic rings. The first-order valence-electron chi connectivity index (χ1n) is 11.7. The molecule has 2 fully saturated rings. The fourth-order valence-corrected chi connectivity index (χ4v) is 4.78. The second kappa shape index (κ2) is 9.61. The summed E-state index contributed by atoms with van der Waals surface area (Å²) in [7, 11) is 0. The predicted molar refractivity (Wildman–Crippen MR) is 118 cm³/mol. The Balaban J connectivity index is 1.43. The van der Waals surface area contributed by atoms with Gasteiger partial charge in [-0.15, -0.1) is 0 Å². The number of piperidine rings is 1. The van der Waals surface area contributed by atoms with Gasteiger partial charge in [-0.05, 0) is 32.1 Å². The van der Waals surface area contributed by atoms with E-state index in [0.29, 0.717) is 38.6 Å². The summed E-state index contributed by atoms with van der Waals surface area (Å²) in [4.78, 5) is 41.1. The lowest BCUT2D eigenvalue weighted by molar-refractivity contribution is -0.134. The van der Waals surface area contributed by atoms with E-state index in [1.54, 1.807) is 0 Å². The van der Waals surface area contributed by atoms with Crippen molar-refractivity contribution in [2.24, 2.45) is 5.92 Å². The number of rotatable bonds is 5. The number of anilines is 1. The Bertz CT molecular complexity index is 814. The minimum atomic E-state index is 0.161. The molecule has 0 radical (unpaired) electrons. The molecule has 1 aromatic heterocycles. The van der Waals surface area contributed by atoms with Gasteiger partial charge in [0.1, 0.15) is 11.6 Å². The first-order valence-corrected chi connectivity index (χ1v) is 11.7. The molecule has 0 spiro atoms. The van der Waals surface area contributed by atoms with E-state index >= 15 is 0 Å². The third kappa shape index (κ3) is 5.06. The Morgan fingerprint density at radius 2 is 1.81 bits per heavy atom. The Hall–Kier alpha value is -2.06. The van der Waals surface area contributed by atoms with Crippen molar-refractivity contribution >= 4 is 17.6 Å². The van der Waals surface area contributed by atoms with Crippen molar-refractivity contribution in [2.45, 2.75) is 52.4 Å². The summed E-state index contributed by atoms with van der Waals surface area (Å²) >= 11 is 0. The van der Waals surface area contributed by atoms with Gasteiger partial charge >= 0.3 is 0 Å². The van der Waals surface area contributed by atoms with Gasteiger partial charge in [-0.3, -0.25) is 19.4 Å². The standard InChI is InChI=1S/C23H35N5O3/c1-16(2)14-28-20(29)5-4-19-17(3)24-22(25-23(19)28)18-6-8-27(9-7-18)21(30)15-26-10-12-31-13-11-26/h16,18H,4-15H2,1-3H3. The first kappa shape index (κ1) is 22.1. The smallest absolute Gasteiger partial charge is 0.236 e. The van der Waals surface area contributed by atoms with Gasteiger partial charge in [-0.2, -0.15) is 0 Å². The lowest BCUT2D eigenvalue weighted by Crippen LogP contribution is -2.47. The number of hydrogen-bond acceptors (Lipinski definition) is 6. The molecule has 8 nitrogen and oxygen atoms in total. The van der Waals surface area contributed by atoms with Crippen LogP contribution in [0.5, 0.6) is 0 Å². The molecule has 0 bridgehead atoms. The molecule has 2 saturated heterocycles. The topological polar surface area (TPSA) is 78.9 Å². The molecule has 0 atom stereocenters. The van der Waals surface area contributed by atoms with E-state index in [-0.39, 0.29) is 17.7 Å². The van der Waals surface area contributed by atoms with E-state index in [1.807, 2.05) is 16.7 Å². The van der Waals surface area contributed by atoms with E-state index in [0.717, 1.165) is 68.3 Å². The van der Waals surface area contributed by atoms with Crippen molar-refractivity contribution in [2.75, 3.05) is 57.4 Å². The van der Waals surface area contributed by atoms with Gasteiger partial charge in [-0.1, -0.05) is 13.8 Å². The van der Waals surface area contributed by atoms with Crippen LogP contribution in [0.3, 0.4) is 0 Å². The molecule has 0 N–H and O–H groups in total. The fraction of sp³-hybridized carbons (Fsp3) is 0.739. The van der Waals surface area contributed by atoms with Crippen LogP contribution in [0.2, 0.25) is 0 Å². The number of nitrogens with zero attached hydrogens (tertiary/aromatic N) is 5. The number of hydrogen-bond donors (Lipinski definition) is 0. The summed E-state index contributed by atoms with van der Waals surface area (Å²) in [5.74, 6) is 2.63. The molecule has 0 saturated carbocycles. The van der Waals surface area contributed by atoms with Crippen LogP contribution in [0.15, 0.2) is 0 Å². The predicted octanol–water partition coefficient (Wildman–Crippen LogP) is 1.76. The minimum absolute atomic E-state index is 0.161. The average molecular weight is 430 g/mol. The summed E-state index contributed by atoms with van der Waals surface area (Å²) < 4.78 is 5.37. The van der Waals surface area contributed by atoms with Crippen LogP contribution in [0, 0.1) is 12.8 Å². The number of aryl methyl sites for hydroxylation is 1. The molecular formula is C23H35N5O3. The van der Waals surface area contributed by atoms with Crippen molar-refractivity contribution in [3.63, 3.8) is 0 Å². The largest absolute Gasteiger partial charge is 0.379 e. The van der Waals surface area contributed by atoms with Crippen LogP contribution in [-0.4, -0.2) is 84.1 Å². The molecule has 31 heavy (non-hydrogen) atoms. The average Bonchev–Trinajstić information content (AvgIpc) is 2.76. The van der Waals surface area contributed by atoms with Crippen molar-refractivity contribution in [1.29, 1.82) is 0 Å². The highest BCUT2D eigenvalue weighted by atomic mass is 16.5. The SMILES string of the molecule is Cc1nc(C2CCN(C(=O)CN3CCOCC3)CC2)nc2c1CCC(=O)N2CC(C)C. The van der Waals surface area contributed by atoms with Gasteiger partial charge in [0.15, 0.2) is 0 Å². The zero-order chi connectivity index (χ0) is 22.0. The number of carbonyl (C=O) groups excluding carboxylic acids is 2. The number of ether oxygens (including phenoxy) is 1. The fourth-order valence-electron chi connectivity index (χ4n) is 4.78. The van der Waals surface area contributed by atoms with Crippen LogP contribution < -0.4 is 4.90 Å². The molecule has 1 aromatic rings. The lowest BCUT2D eigenvalue weighted by Gasteiger charge is -2.35. The van der Waals surface area contributed by atoms with Crippen molar-refractivity contribution < 1.29 is 14.3 Å². The normalized spacial score (nSPS) is 21.0. The molecular weight excluding hydrogens is 394 g/mol. The lowest BCUT2D eigenvalue weighted by atomic mass is 9.94. The number of fused-ring (bicyclic) bond motifs is 1. The quantitative estimate of drug-likeness (QED) is 0.710. The van der Waals surface area contributed by atoms with E-state index in [9.17, 15) is 9.59 Å². The third-order valence-corrected chi connectivity index (χ3v) is 6.58. The number of aromatic nitrogens is 2. The molecule has 0 unspecified atom stereocenters. The van der Waals surface area contributed by atoms with Gasteiger partial charge in [-0.25, -0.2) is 9.97 Å². The van der Waals surface area contributed by atoms with Gasteiger partial charge in [0.25, 0.3) is 0 Å². The van der Waals surface area contributed by atoms with Crippen LogP contribution in [-0.2, 0) is 20.7 Å². The Kier molecular flexibility index (Phi) is 6.86. The van der Waals surface area contributed by atoms with Gasteiger partial charge in [0.2, 0.25) is 11.8 Å². The second-order valence-electron chi connectivity index (χ2n) is 9.41. The number of morpholine rings is 1. The number of amides is 2. The highest BCUT2D eigenvalue weighted by Crippen LogP contribution is 2.33. The highest BCUT2D eigenvalue weighted by molar-refractivity contribution is 5.95. The molecule has 4 rings (SSSR count). The highest BCUT2D eigenvalue weighted by Gasteiger charge is 2.31. The number of carbonyl (C=O) groups is 2. The zero-order valence-electron chi connectivity index (χ0n) is 19.1. The van der Waals surface area contributed by atoms with Crippen LogP contribution in [0.25, 0.3) is 0 Å². The van der Waals surface area contributed by atoms with Crippen LogP contribution >= 0.6 is 0 Å². The maximum absolute atomic E-state index is 12.7. The van der Waals surface area contributed by atoms with Crippen molar-refractivity contribution in [3.05, 3.63) is 17.1 Å². The minimum Gasteiger partial charge on any atom is -0.379 e. The Morgan fingerprint density at radius 3 is 2.48 bits per heavy atom. The van der Waals surface area contributed by atoms with Gasteiger partial charge < -0.3 is 9.64 Å². The Labute approximate surface area is 185 Å². The molecule has 0 aromatic carbocycles. The first-order chi connectivity index (χ1) is 14.9. The summed E-state index contributed by atoms with van der Waals surface area (Å²) in [5.41, 5.74) is 2.11. The second-order valence-corrected chi connectivity index (χ2v) is 9.41. The van der Waals surface area contributed by atoms with Crippen LogP contribution in [0.1, 0.15) is 56.1 Å². The molecule has 3 aliphatic heterocycles. The van der Waals surface area contributed by atoms with Gasteiger partial charge in [0, 0.05) is 56.3 Å². The molecule has 4 heterocycles. The molecule has 2 amide bonds. The zero-order valence-corrected chi connectivity index (χ0v) is 19.1. The van der Waals surface area contributed by atoms with E-state index in [2.05, 4.69) is 18.7 Å². The van der Waals surface area contributed by atoms with E-state index < -0.39 is 0 Å². The summed E-state index contributed by atoms with van der Waals surface area (Å²) in [5, 5.41) is 0. The molecule has 8 heteroatoms. The number of likely N-dealkylation sites (tertiary alicyclic amines) is 1. The summed E-state index contributed by atoms with van der Waals surface area (Å²) in [6.07, 6.45) is 2.99. The van der Waals surface area contributed by atoms with Crippen molar-refractivity contribution in [3.8, 4) is 0 Å².